The molecule has 62 valence electrons. The molecule has 0 bridgehead atoms. The van der Waals surface area contributed by atoms with Gasteiger partial charge in [-0.15, -0.1) is 17.7 Å². The second-order valence-corrected chi connectivity index (χ2v) is 3.83. The van der Waals surface area contributed by atoms with Crippen molar-refractivity contribution in [2.45, 2.75) is 5.03 Å². The standard InChI is InChI=1S/C2H3N3O3S3/c6-11(7,8)4-2-1(9)3-5-10-2/h4,9H,(H,6,7,8). The number of nitrogens with zero attached hydrogens (tertiary/aromatic N) is 2. The number of hydrogen-bond donors (Lipinski definition) is 3. The average molecular weight is 213 g/mol. The molecule has 0 unspecified atom stereocenters. The van der Waals surface area contributed by atoms with Crippen LogP contribution < -0.4 is 4.72 Å². The summed E-state index contributed by atoms with van der Waals surface area (Å²) in [5.74, 6) is 0. The Morgan fingerprint density at radius 3 is 2.64 bits per heavy atom. The molecule has 0 saturated carbocycles. The summed E-state index contributed by atoms with van der Waals surface area (Å²) in [5, 5.41) is 3.62. The first-order valence-corrected chi connectivity index (χ1v) is 4.91. The Kier molecular flexibility index (Phi) is 2.32. The lowest BCUT2D eigenvalue weighted by Gasteiger charge is -1.95. The molecule has 11 heavy (non-hydrogen) atoms. The molecule has 0 aliphatic rings. The van der Waals surface area contributed by atoms with Gasteiger partial charge in [0.15, 0.2) is 10.0 Å². The summed E-state index contributed by atoms with van der Waals surface area (Å²) in [6.07, 6.45) is 0. The smallest absolute Gasteiger partial charge is 0.269 e. The van der Waals surface area contributed by atoms with Crippen molar-refractivity contribution in [2.75, 3.05) is 4.72 Å². The average Bonchev–Trinajstić information content (AvgIpc) is 2.12. The van der Waals surface area contributed by atoms with Crippen LogP contribution in [-0.4, -0.2) is 22.6 Å². The Labute approximate surface area is 72.1 Å². The summed E-state index contributed by atoms with van der Waals surface area (Å²) in [4.78, 5) is 0. The van der Waals surface area contributed by atoms with Crippen molar-refractivity contribution < 1.29 is 13.0 Å². The lowest BCUT2D eigenvalue weighted by atomic mass is 10.9. The molecule has 1 rings (SSSR count). The van der Waals surface area contributed by atoms with Gasteiger partial charge in [0.2, 0.25) is 0 Å². The van der Waals surface area contributed by atoms with Crippen LogP contribution in [0.1, 0.15) is 0 Å². The minimum atomic E-state index is -4.24. The Morgan fingerprint density at radius 1 is 1.64 bits per heavy atom. The molecule has 0 saturated heterocycles. The van der Waals surface area contributed by atoms with Gasteiger partial charge in [0.25, 0.3) is 0 Å². The van der Waals surface area contributed by atoms with Crippen molar-refractivity contribution in [3.8, 4) is 0 Å². The predicted octanol–water partition coefficient (Wildman–Crippen LogP) is 0.0415. The van der Waals surface area contributed by atoms with Crippen LogP contribution in [0.15, 0.2) is 5.03 Å². The molecule has 1 aromatic heterocycles. The van der Waals surface area contributed by atoms with Crippen LogP contribution in [0.5, 0.6) is 0 Å². The summed E-state index contributed by atoms with van der Waals surface area (Å²) in [6.45, 7) is 0. The highest BCUT2D eigenvalue weighted by molar-refractivity contribution is 7.87. The van der Waals surface area contributed by atoms with Gasteiger partial charge < -0.3 is 0 Å². The molecule has 6 nitrogen and oxygen atoms in total. The van der Waals surface area contributed by atoms with E-state index in [1.807, 2.05) is 0 Å². The number of anilines is 1. The molecule has 1 heterocycles. The third-order valence-corrected chi connectivity index (χ3v) is 2.39. The first-order chi connectivity index (χ1) is 4.99. The Bertz CT molecular complexity index is 342. The van der Waals surface area contributed by atoms with E-state index in [1.54, 1.807) is 4.72 Å². The molecule has 0 aromatic carbocycles. The van der Waals surface area contributed by atoms with E-state index in [-0.39, 0.29) is 10.0 Å². The maximum absolute atomic E-state index is 10.2. The van der Waals surface area contributed by atoms with Crippen LogP contribution in [0.4, 0.5) is 5.00 Å². The van der Waals surface area contributed by atoms with Gasteiger partial charge in [0.05, 0.1) is 0 Å². The van der Waals surface area contributed by atoms with Crippen molar-refractivity contribution >= 4 is 39.5 Å². The monoisotopic (exact) mass is 213 g/mol. The summed E-state index contributed by atoms with van der Waals surface area (Å²) >= 11 is 4.55. The van der Waals surface area contributed by atoms with Crippen LogP contribution in [0.2, 0.25) is 0 Å². The van der Waals surface area contributed by atoms with E-state index in [9.17, 15) is 8.42 Å². The molecule has 9 heteroatoms. The number of nitrogens with one attached hydrogen (secondary N) is 1. The van der Waals surface area contributed by atoms with Crippen molar-refractivity contribution in [2.24, 2.45) is 0 Å². The van der Waals surface area contributed by atoms with Gasteiger partial charge in [-0.25, -0.2) is 4.72 Å². The third-order valence-electron chi connectivity index (χ3n) is 0.692. The van der Waals surface area contributed by atoms with Crippen molar-refractivity contribution in [1.82, 2.24) is 9.59 Å². The van der Waals surface area contributed by atoms with E-state index in [1.165, 1.54) is 0 Å². The van der Waals surface area contributed by atoms with Gasteiger partial charge in [-0.2, -0.15) is 8.42 Å². The molecule has 1 aromatic rings. The minimum Gasteiger partial charge on any atom is -0.269 e. The topological polar surface area (TPSA) is 92.2 Å². The molecule has 2 N–H and O–H groups in total. The van der Waals surface area contributed by atoms with Gasteiger partial charge in [0.1, 0.15) is 0 Å². The second kappa shape index (κ2) is 2.93. The maximum atomic E-state index is 10.2. The van der Waals surface area contributed by atoms with Crippen molar-refractivity contribution in [3.05, 3.63) is 0 Å². The van der Waals surface area contributed by atoms with Crippen LogP contribution in [0, 0.1) is 0 Å². The SMILES string of the molecule is O=S(=O)(O)Nc1snnc1S. The molecule has 0 atom stereocenters. The summed E-state index contributed by atoms with van der Waals surface area (Å²) < 4.78 is 33.9. The second-order valence-electron chi connectivity index (χ2n) is 1.50. The van der Waals surface area contributed by atoms with Gasteiger partial charge >= 0.3 is 10.3 Å². The van der Waals surface area contributed by atoms with Crippen LogP contribution in [-0.2, 0) is 10.3 Å². The van der Waals surface area contributed by atoms with Crippen LogP contribution in [0.3, 0.4) is 0 Å². The summed E-state index contributed by atoms with van der Waals surface area (Å²) in [5.41, 5.74) is 0. The van der Waals surface area contributed by atoms with Gasteiger partial charge in [-0.1, -0.05) is 4.49 Å². The first kappa shape index (κ1) is 8.71. The lowest BCUT2D eigenvalue weighted by Crippen LogP contribution is -2.09. The molecule has 0 fully saturated rings. The predicted molar refractivity (Wildman–Crippen MR) is 42.3 cm³/mol. The van der Waals surface area contributed by atoms with E-state index in [4.69, 9.17) is 4.55 Å². The third kappa shape index (κ3) is 2.61. The Balaban J connectivity index is 2.89. The molecule has 0 amide bonds. The number of aromatic nitrogens is 2. The highest BCUT2D eigenvalue weighted by Gasteiger charge is 2.09. The lowest BCUT2D eigenvalue weighted by molar-refractivity contribution is 0.489. The van der Waals surface area contributed by atoms with Crippen molar-refractivity contribution in [1.29, 1.82) is 0 Å². The van der Waals surface area contributed by atoms with E-state index < -0.39 is 10.3 Å². The zero-order chi connectivity index (χ0) is 8.48. The molecular weight excluding hydrogens is 210 g/mol. The fourth-order valence-corrected chi connectivity index (χ4v) is 1.85. The molecule has 0 aliphatic heterocycles. The molecule has 0 radical (unpaired) electrons. The highest BCUT2D eigenvalue weighted by Crippen LogP contribution is 2.21. The summed E-state index contributed by atoms with van der Waals surface area (Å²) in [6, 6.07) is 0. The van der Waals surface area contributed by atoms with E-state index in [2.05, 4.69) is 22.2 Å². The van der Waals surface area contributed by atoms with E-state index >= 15 is 0 Å². The zero-order valence-electron chi connectivity index (χ0n) is 4.92. The fraction of sp³-hybridized carbons (Fsp3) is 0. The molecule has 0 aliphatic carbocycles. The van der Waals surface area contributed by atoms with Crippen LogP contribution >= 0.6 is 24.2 Å². The van der Waals surface area contributed by atoms with Gasteiger partial charge in [-0.05, 0) is 0 Å². The van der Waals surface area contributed by atoms with Crippen LogP contribution in [0.25, 0.3) is 0 Å². The first-order valence-electron chi connectivity index (χ1n) is 2.25. The summed E-state index contributed by atoms with van der Waals surface area (Å²) in [7, 11) is -4.24. The van der Waals surface area contributed by atoms with E-state index in [0.29, 0.717) is 0 Å². The Hall–Kier alpha value is -0.380. The minimum absolute atomic E-state index is 0.0934. The van der Waals surface area contributed by atoms with Crippen molar-refractivity contribution in [3.63, 3.8) is 0 Å². The molecule has 0 spiro atoms. The number of rotatable bonds is 2. The number of thiol groups is 1. The quantitative estimate of drug-likeness (QED) is 0.476. The fourth-order valence-electron chi connectivity index (χ4n) is 0.368. The van der Waals surface area contributed by atoms with E-state index in [0.717, 1.165) is 11.5 Å². The maximum Gasteiger partial charge on any atom is 0.358 e. The Morgan fingerprint density at radius 2 is 2.27 bits per heavy atom. The van der Waals surface area contributed by atoms with Gasteiger partial charge in [-0.3, -0.25) is 4.55 Å². The largest absolute Gasteiger partial charge is 0.358 e. The molecular formula is C2H3N3O3S3. The zero-order valence-corrected chi connectivity index (χ0v) is 7.45. The highest BCUT2D eigenvalue weighted by atomic mass is 32.2. The normalized spacial score (nSPS) is 11.5. The van der Waals surface area contributed by atoms with Gasteiger partial charge in [0, 0.05) is 11.5 Å². The number of hydrogen-bond acceptors (Lipinski definition) is 6.